The van der Waals surface area contributed by atoms with Gasteiger partial charge >= 0.3 is 5.97 Å². The van der Waals surface area contributed by atoms with E-state index in [0.29, 0.717) is 19.1 Å². The second kappa shape index (κ2) is 6.14. The van der Waals surface area contributed by atoms with Crippen LogP contribution in [0.4, 0.5) is 0 Å². The molecule has 7 nitrogen and oxygen atoms in total. The topological polar surface area (TPSA) is 77.8 Å². The summed E-state index contributed by atoms with van der Waals surface area (Å²) in [5, 5.41) is 0. The van der Waals surface area contributed by atoms with Crippen molar-refractivity contribution in [1.29, 1.82) is 0 Å². The van der Waals surface area contributed by atoms with E-state index in [2.05, 4.69) is 0 Å². The lowest BCUT2D eigenvalue weighted by atomic mass is 9.72. The first-order valence-corrected chi connectivity index (χ1v) is 9.40. The van der Waals surface area contributed by atoms with Gasteiger partial charge in [0, 0.05) is 19.3 Å². The zero-order valence-corrected chi connectivity index (χ0v) is 15.2. The van der Waals surface area contributed by atoms with Crippen LogP contribution in [0.1, 0.15) is 60.4 Å². The normalized spacial score (nSPS) is 25.4. The number of aromatic nitrogens is 1. The van der Waals surface area contributed by atoms with Gasteiger partial charge in [-0.1, -0.05) is 13.3 Å². The molecule has 4 aliphatic rings. The highest BCUT2D eigenvalue weighted by Gasteiger charge is 2.60. The van der Waals surface area contributed by atoms with Gasteiger partial charge in [-0.05, 0) is 32.1 Å². The van der Waals surface area contributed by atoms with Gasteiger partial charge in [-0.25, -0.2) is 4.79 Å². The van der Waals surface area contributed by atoms with Crippen LogP contribution in [0.5, 0.6) is 5.75 Å². The molecule has 1 aromatic rings. The third-order valence-electron chi connectivity index (χ3n) is 5.74. The SMILES string of the molecule is CCCCOc1c2n(cc(C(=O)OCC)c1=O)C[C@]13C[C@H](CN1C2=O)C3. The fourth-order valence-corrected chi connectivity index (χ4v) is 4.56. The average Bonchev–Trinajstić information content (AvgIpc) is 3.13. The fourth-order valence-electron chi connectivity index (χ4n) is 4.56. The summed E-state index contributed by atoms with van der Waals surface area (Å²) in [6.07, 6.45) is 5.15. The van der Waals surface area contributed by atoms with E-state index in [-0.39, 0.29) is 35.1 Å². The number of amides is 1. The maximum absolute atomic E-state index is 13.1. The van der Waals surface area contributed by atoms with Gasteiger partial charge < -0.3 is 18.9 Å². The molecule has 26 heavy (non-hydrogen) atoms. The molecule has 4 heterocycles. The molecule has 3 fully saturated rings. The Morgan fingerprint density at radius 2 is 2.08 bits per heavy atom. The maximum Gasteiger partial charge on any atom is 0.343 e. The minimum Gasteiger partial charge on any atom is -0.487 e. The summed E-state index contributed by atoms with van der Waals surface area (Å²) in [7, 11) is 0. The van der Waals surface area contributed by atoms with Crippen molar-refractivity contribution in [2.45, 2.75) is 51.6 Å². The first-order chi connectivity index (χ1) is 12.5. The Balaban J connectivity index is 1.81. The minimum atomic E-state index is -0.668. The third kappa shape index (κ3) is 2.36. The summed E-state index contributed by atoms with van der Waals surface area (Å²) >= 11 is 0. The zero-order valence-electron chi connectivity index (χ0n) is 15.2. The van der Waals surface area contributed by atoms with Gasteiger partial charge in [-0.2, -0.15) is 0 Å². The van der Waals surface area contributed by atoms with Crippen molar-refractivity contribution in [3.63, 3.8) is 0 Å². The Kier molecular flexibility index (Phi) is 4.04. The Morgan fingerprint density at radius 1 is 1.31 bits per heavy atom. The number of fused-ring (bicyclic) bond motifs is 1. The lowest BCUT2D eigenvalue weighted by Gasteiger charge is -2.46. The highest BCUT2D eigenvalue weighted by molar-refractivity contribution is 5.99. The summed E-state index contributed by atoms with van der Waals surface area (Å²) in [4.78, 5) is 40.1. The highest BCUT2D eigenvalue weighted by atomic mass is 16.5. The van der Waals surface area contributed by atoms with Crippen LogP contribution in [0.15, 0.2) is 11.0 Å². The van der Waals surface area contributed by atoms with E-state index >= 15 is 0 Å². The van der Waals surface area contributed by atoms with Crippen molar-refractivity contribution >= 4 is 11.9 Å². The molecule has 1 aromatic heterocycles. The fraction of sp³-hybridized carbons (Fsp3) is 0.632. The number of unbranched alkanes of at least 4 members (excludes halogenated alkanes) is 1. The van der Waals surface area contributed by atoms with E-state index in [1.165, 1.54) is 6.20 Å². The van der Waals surface area contributed by atoms with E-state index in [9.17, 15) is 14.4 Å². The number of hydrogen-bond acceptors (Lipinski definition) is 5. The van der Waals surface area contributed by atoms with Gasteiger partial charge in [-0.15, -0.1) is 0 Å². The molecule has 0 radical (unpaired) electrons. The largest absolute Gasteiger partial charge is 0.487 e. The maximum atomic E-state index is 13.1. The molecular formula is C19H24N2O5. The molecule has 0 N–H and O–H groups in total. The standard InChI is InChI=1S/C19H24N2O5/c1-3-5-6-26-16-14-17(23)21-9-12-7-19(21,8-12)11-20(14)10-13(15(16)22)18(24)25-4-2/h10,12H,3-9,11H2,1-2H3/t12-,19+. The number of hydrogen-bond donors (Lipinski definition) is 0. The molecule has 140 valence electrons. The first-order valence-electron chi connectivity index (χ1n) is 9.40. The molecule has 1 aliphatic carbocycles. The van der Waals surface area contributed by atoms with Crippen molar-refractivity contribution in [2.75, 3.05) is 19.8 Å². The van der Waals surface area contributed by atoms with E-state index in [0.717, 1.165) is 32.2 Å². The number of esters is 1. The minimum absolute atomic E-state index is 0.00652. The Hall–Kier alpha value is -2.31. The molecule has 7 heteroatoms. The van der Waals surface area contributed by atoms with E-state index in [1.807, 2.05) is 11.8 Å². The Bertz CT molecular complexity index is 822. The van der Waals surface area contributed by atoms with Crippen LogP contribution in [0, 0.1) is 5.92 Å². The summed E-state index contributed by atoms with van der Waals surface area (Å²) in [6, 6.07) is 0. The summed E-state index contributed by atoms with van der Waals surface area (Å²) in [5.74, 6) is -0.281. The number of ether oxygens (including phenoxy) is 2. The second-order valence-corrected chi connectivity index (χ2v) is 7.51. The van der Waals surface area contributed by atoms with Crippen molar-refractivity contribution in [2.24, 2.45) is 5.92 Å². The lowest BCUT2D eigenvalue weighted by Crippen LogP contribution is -2.56. The van der Waals surface area contributed by atoms with Crippen LogP contribution in [-0.2, 0) is 11.3 Å². The van der Waals surface area contributed by atoms with Crippen LogP contribution < -0.4 is 10.2 Å². The monoisotopic (exact) mass is 360 g/mol. The number of carbonyl (C=O) groups excluding carboxylic acids is 2. The van der Waals surface area contributed by atoms with Crippen molar-refractivity contribution in [3.8, 4) is 5.75 Å². The summed E-state index contributed by atoms with van der Waals surface area (Å²) in [5.41, 5.74) is -0.497. The third-order valence-corrected chi connectivity index (χ3v) is 5.74. The van der Waals surface area contributed by atoms with Crippen LogP contribution in [0.25, 0.3) is 0 Å². The molecule has 0 unspecified atom stereocenters. The predicted molar refractivity (Wildman–Crippen MR) is 93.6 cm³/mol. The van der Waals surface area contributed by atoms with Crippen LogP contribution in [0.2, 0.25) is 0 Å². The first kappa shape index (κ1) is 17.1. The molecule has 3 aliphatic heterocycles. The molecule has 5 rings (SSSR count). The van der Waals surface area contributed by atoms with Gasteiger partial charge in [0.25, 0.3) is 5.91 Å². The molecule has 1 spiro atoms. The van der Waals surface area contributed by atoms with Gasteiger partial charge in [0.05, 0.1) is 18.8 Å². The van der Waals surface area contributed by atoms with Crippen LogP contribution in [-0.4, -0.2) is 46.6 Å². The van der Waals surface area contributed by atoms with Crippen molar-refractivity contribution < 1.29 is 19.1 Å². The summed E-state index contributed by atoms with van der Waals surface area (Å²) < 4.78 is 12.5. The van der Waals surface area contributed by atoms with Gasteiger partial charge in [0.1, 0.15) is 5.56 Å². The zero-order chi connectivity index (χ0) is 18.5. The van der Waals surface area contributed by atoms with Crippen molar-refractivity contribution in [3.05, 3.63) is 27.7 Å². The number of carbonyl (C=O) groups is 2. The summed E-state index contributed by atoms with van der Waals surface area (Å²) in [6.45, 7) is 5.59. The van der Waals surface area contributed by atoms with Gasteiger partial charge in [0.15, 0.2) is 11.4 Å². The molecule has 0 aromatic carbocycles. The molecule has 0 atom stereocenters. The smallest absolute Gasteiger partial charge is 0.343 e. The van der Waals surface area contributed by atoms with Crippen LogP contribution in [0.3, 0.4) is 0 Å². The molecule has 1 saturated carbocycles. The van der Waals surface area contributed by atoms with E-state index in [1.54, 1.807) is 11.5 Å². The Morgan fingerprint density at radius 3 is 2.77 bits per heavy atom. The second-order valence-electron chi connectivity index (χ2n) is 7.51. The molecular weight excluding hydrogens is 336 g/mol. The molecule has 2 bridgehead atoms. The van der Waals surface area contributed by atoms with E-state index in [4.69, 9.17) is 9.47 Å². The number of nitrogens with zero attached hydrogens (tertiary/aromatic N) is 2. The lowest BCUT2D eigenvalue weighted by molar-refractivity contribution is 0.0380. The average molecular weight is 360 g/mol. The van der Waals surface area contributed by atoms with E-state index < -0.39 is 11.4 Å². The quantitative estimate of drug-likeness (QED) is 0.571. The number of rotatable bonds is 6. The van der Waals surface area contributed by atoms with Gasteiger partial charge in [-0.3, -0.25) is 9.59 Å². The highest BCUT2D eigenvalue weighted by Crippen LogP contribution is 2.54. The molecule has 1 amide bonds. The predicted octanol–water partition coefficient (Wildman–Crippen LogP) is 1.82. The molecule has 2 saturated heterocycles. The van der Waals surface area contributed by atoms with Gasteiger partial charge in [0.2, 0.25) is 5.43 Å². The Labute approximate surface area is 151 Å². The van der Waals surface area contributed by atoms with Crippen molar-refractivity contribution in [1.82, 2.24) is 9.47 Å². The number of pyridine rings is 1. The van der Waals surface area contributed by atoms with Crippen LogP contribution >= 0.6 is 0 Å².